The zero-order valence-electron chi connectivity index (χ0n) is 10.0. The Hall–Kier alpha value is -1.38. The molecule has 3 heteroatoms. The van der Waals surface area contributed by atoms with Gasteiger partial charge in [-0.1, -0.05) is 19.9 Å². The summed E-state index contributed by atoms with van der Waals surface area (Å²) in [5, 5.41) is 2.93. The molecule has 0 heterocycles. The molecular weight excluding hydrogens is 205 g/mol. The van der Waals surface area contributed by atoms with E-state index in [4.69, 9.17) is 0 Å². The van der Waals surface area contributed by atoms with Crippen LogP contribution in [0.15, 0.2) is 24.3 Å². The fourth-order valence-electron chi connectivity index (χ4n) is 1.40. The van der Waals surface area contributed by atoms with E-state index in [1.54, 1.807) is 12.1 Å². The van der Waals surface area contributed by atoms with Gasteiger partial charge in [-0.15, -0.1) is 0 Å². The second-order valence-electron chi connectivity index (χ2n) is 4.23. The number of hydrogen-bond acceptors (Lipinski definition) is 1. The number of rotatable bonds is 4. The van der Waals surface area contributed by atoms with E-state index in [0.717, 1.165) is 12.8 Å². The Balaban J connectivity index is 2.80. The molecule has 0 radical (unpaired) electrons. The van der Waals surface area contributed by atoms with Crippen LogP contribution in [0.2, 0.25) is 0 Å². The fourth-order valence-corrected chi connectivity index (χ4v) is 1.40. The quantitative estimate of drug-likeness (QED) is 0.834. The molecule has 0 unspecified atom stereocenters. The normalized spacial score (nSPS) is 11.2. The lowest BCUT2D eigenvalue weighted by molar-refractivity contribution is 0.0900. The lowest BCUT2D eigenvalue weighted by Gasteiger charge is -2.28. The third-order valence-corrected chi connectivity index (χ3v) is 3.06. The van der Waals surface area contributed by atoms with Crippen LogP contribution in [0.5, 0.6) is 0 Å². The van der Waals surface area contributed by atoms with Crippen LogP contribution in [0.25, 0.3) is 0 Å². The topological polar surface area (TPSA) is 29.1 Å². The first-order chi connectivity index (χ1) is 7.50. The van der Waals surface area contributed by atoms with Crippen LogP contribution in [0, 0.1) is 5.82 Å². The summed E-state index contributed by atoms with van der Waals surface area (Å²) in [5.74, 6) is -0.604. The standard InChI is InChI=1S/C13H18FNO/c1-4-13(3,5-2)15-12(16)10-7-6-8-11(14)9-10/h6-9H,4-5H2,1-3H3,(H,15,16). The fraction of sp³-hybridized carbons (Fsp3) is 0.462. The summed E-state index contributed by atoms with van der Waals surface area (Å²) in [5.41, 5.74) is 0.150. The van der Waals surface area contributed by atoms with Gasteiger partial charge in [-0.2, -0.15) is 0 Å². The van der Waals surface area contributed by atoms with Crippen molar-refractivity contribution < 1.29 is 9.18 Å². The first kappa shape index (κ1) is 12.7. The lowest BCUT2D eigenvalue weighted by atomic mass is 9.95. The van der Waals surface area contributed by atoms with Gasteiger partial charge in [-0.05, 0) is 38.0 Å². The van der Waals surface area contributed by atoms with Gasteiger partial charge in [0.1, 0.15) is 5.82 Å². The van der Waals surface area contributed by atoms with Crippen LogP contribution >= 0.6 is 0 Å². The SMILES string of the molecule is CCC(C)(CC)NC(=O)c1cccc(F)c1. The average Bonchev–Trinajstić information content (AvgIpc) is 2.29. The molecule has 0 spiro atoms. The molecule has 0 saturated heterocycles. The van der Waals surface area contributed by atoms with Gasteiger partial charge in [-0.3, -0.25) is 4.79 Å². The van der Waals surface area contributed by atoms with Crippen molar-refractivity contribution in [2.24, 2.45) is 0 Å². The maximum atomic E-state index is 12.9. The first-order valence-electron chi connectivity index (χ1n) is 5.59. The maximum absolute atomic E-state index is 12.9. The van der Waals surface area contributed by atoms with Gasteiger partial charge in [-0.25, -0.2) is 4.39 Å². The van der Waals surface area contributed by atoms with Crippen molar-refractivity contribution in [1.29, 1.82) is 0 Å². The zero-order chi connectivity index (χ0) is 12.2. The third-order valence-electron chi connectivity index (χ3n) is 3.06. The van der Waals surface area contributed by atoms with Crippen molar-refractivity contribution in [2.75, 3.05) is 0 Å². The molecule has 1 aromatic carbocycles. The van der Waals surface area contributed by atoms with Crippen molar-refractivity contribution in [3.05, 3.63) is 35.6 Å². The molecule has 0 bridgehead atoms. The summed E-state index contributed by atoms with van der Waals surface area (Å²) in [6.45, 7) is 6.04. The van der Waals surface area contributed by atoms with Crippen molar-refractivity contribution in [3.8, 4) is 0 Å². The highest BCUT2D eigenvalue weighted by atomic mass is 19.1. The van der Waals surface area contributed by atoms with Gasteiger partial charge >= 0.3 is 0 Å². The predicted octanol–water partition coefficient (Wildman–Crippen LogP) is 3.13. The summed E-state index contributed by atoms with van der Waals surface area (Å²) in [4.78, 5) is 11.9. The Morgan fingerprint density at radius 3 is 2.50 bits per heavy atom. The molecule has 0 aliphatic heterocycles. The smallest absolute Gasteiger partial charge is 0.251 e. The molecule has 16 heavy (non-hydrogen) atoms. The number of hydrogen-bond donors (Lipinski definition) is 1. The minimum atomic E-state index is -0.387. The number of carbonyl (C=O) groups excluding carboxylic acids is 1. The number of amides is 1. The highest BCUT2D eigenvalue weighted by Crippen LogP contribution is 2.15. The van der Waals surface area contributed by atoms with E-state index in [1.807, 2.05) is 20.8 Å². The molecular formula is C13H18FNO. The van der Waals surface area contributed by atoms with Crippen LogP contribution < -0.4 is 5.32 Å². The summed E-state index contributed by atoms with van der Waals surface area (Å²) < 4.78 is 12.9. The number of halogens is 1. The van der Waals surface area contributed by atoms with Crippen LogP contribution in [0.1, 0.15) is 44.0 Å². The van der Waals surface area contributed by atoms with E-state index in [2.05, 4.69) is 5.32 Å². The Morgan fingerprint density at radius 1 is 1.38 bits per heavy atom. The van der Waals surface area contributed by atoms with Crippen LogP contribution in [-0.2, 0) is 0 Å². The minimum absolute atomic E-state index is 0.217. The van der Waals surface area contributed by atoms with E-state index in [-0.39, 0.29) is 17.3 Å². The molecule has 0 saturated carbocycles. The summed E-state index contributed by atoms with van der Waals surface area (Å²) in [6, 6.07) is 5.74. The maximum Gasteiger partial charge on any atom is 0.251 e. The molecule has 0 aromatic heterocycles. The second-order valence-corrected chi connectivity index (χ2v) is 4.23. The van der Waals surface area contributed by atoms with Crippen LogP contribution in [-0.4, -0.2) is 11.4 Å². The molecule has 0 atom stereocenters. The first-order valence-corrected chi connectivity index (χ1v) is 5.59. The molecule has 88 valence electrons. The van der Waals surface area contributed by atoms with Crippen molar-refractivity contribution in [2.45, 2.75) is 39.2 Å². The highest BCUT2D eigenvalue weighted by Gasteiger charge is 2.22. The van der Waals surface area contributed by atoms with Crippen molar-refractivity contribution in [1.82, 2.24) is 5.32 Å². The number of benzene rings is 1. The Bertz CT molecular complexity index is 372. The molecule has 2 nitrogen and oxygen atoms in total. The number of carbonyl (C=O) groups is 1. The Morgan fingerprint density at radius 2 is 2.00 bits per heavy atom. The van der Waals surface area contributed by atoms with Crippen molar-refractivity contribution in [3.63, 3.8) is 0 Å². The lowest BCUT2D eigenvalue weighted by Crippen LogP contribution is -2.44. The van der Waals surface area contributed by atoms with E-state index in [9.17, 15) is 9.18 Å². The van der Waals surface area contributed by atoms with Gasteiger partial charge in [0.05, 0.1) is 0 Å². The van der Waals surface area contributed by atoms with Gasteiger partial charge in [0.25, 0.3) is 5.91 Å². The molecule has 1 N–H and O–H groups in total. The minimum Gasteiger partial charge on any atom is -0.347 e. The van der Waals surface area contributed by atoms with Crippen LogP contribution in [0.3, 0.4) is 0 Å². The molecule has 0 fully saturated rings. The largest absolute Gasteiger partial charge is 0.347 e. The van der Waals surface area contributed by atoms with Gasteiger partial charge in [0, 0.05) is 11.1 Å². The molecule has 1 amide bonds. The zero-order valence-corrected chi connectivity index (χ0v) is 10.0. The van der Waals surface area contributed by atoms with Gasteiger partial charge < -0.3 is 5.32 Å². The predicted molar refractivity (Wildman–Crippen MR) is 62.9 cm³/mol. The van der Waals surface area contributed by atoms with Gasteiger partial charge in [0.15, 0.2) is 0 Å². The molecule has 0 aliphatic carbocycles. The van der Waals surface area contributed by atoms with E-state index in [1.165, 1.54) is 12.1 Å². The highest BCUT2D eigenvalue weighted by molar-refractivity contribution is 5.94. The monoisotopic (exact) mass is 223 g/mol. The van der Waals surface area contributed by atoms with E-state index in [0.29, 0.717) is 5.56 Å². The molecule has 1 rings (SSSR count). The molecule has 1 aromatic rings. The molecule has 0 aliphatic rings. The van der Waals surface area contributed by atoms with Gasteiger partial charge in [0.2, 0.25) is 0 Å². The van der Waals surface area contributed by atoms with Crippen LogP contribution in [0.4, 0.5) is 4.39 Å². The Kier molecular flexibility index (Phi) is 4.05. The van der Waals surface area contributed by atoms with Crippen molar-refractivity contribution >= 4 is 5.91 Å². The average molecular weight is 223 g/mol. The van der Waals surface area contributed by atoms with E-state index < -0.39 is 0 Å². The summed E-state index contributed by atoms with van der Waals surface area (Å²) in [7, 11) is 0. The number of nitrogens with one attached hydrogen (secondary N) is 1. The third kappa shape index (κ3) is 3.05. The Labute approximate surface area is 95.9 Å². The second kappa shape index (κ2) is 5.10. The summed E-state index contributed by atoms with van der Waals surface area (Å²) >= 11 is 0. The summed E-state index contributed by atoms with van der Waals surface area (Å²) in [6.07, 6.45) is 1.70. The van der Waals surface area contributed by atoms with E-state index >= 15 is 0 Å².